The quantitative estimate of drug-likeness (QED) is 0.801. The van der Waals surface area contributed by atoms with Crippen molar-refractivity contribution < 1.29 is 19.4 Å². The molecule has 1 aromatic rings. The van der Waals surface area contributed by atoms with Crippen LogP contribution < -0.4 is 4.74 Å². The van der Waals surface area contributed by atoms with E-state index in [1.54, 1.807) is 7.11 Å². The lowest BCUT2D eigenvalue weighted by Crippen LogP contribution is -2.21. The van der Waals surface area contributed by atoms with E-state index in [0.29, 0.717) is 18.5 Å². The minimum Gasteiger partial charge on any atom is -0.496 e. The second kappa shape index (κ2) is 6.38. The zero-order valence-corrected chi connectivity index (χ0v) is 11.0. The molecule has 1 fully saturated rings. The molecule has 1 N–H and O–H groups in total. The molecule has 1 saturated carbocycles. The minimum absolute atomic E-state index is 0.389. The van der Waals surface area contributed by atoms with Gasteiger partial charge < -0.3 is 14.6 Å². The van der Waals surface area contributed by atoms with E-state index < -0.39 is 5.97 Å². The maximum absolute atomic E-state index is 10.6. The van der Waals surface area contributed by atoms with Gasteiger partial charge in [0.1, 0.15) is 5.75 Å². The summed E-state index contributed by atoms with van der Waals surface area (Å²) >= 11 is 0. The van der Waals surface area contributed by atoms with Crippen LogP contribution in [0.4, 0.5) is 0 Å². The zero-order valence-electron chi connectivity index (χ0n) is 11.0. The monoisotopic (exact) mass is 262 g/mol. The fourth-order valence-electron chi connectivity index (χ4n) is 1.92. The maximum Gasteiger partial charge on any atom is 0.328 e. The zero-order chi connectivity index (χ0) is 13.7. The SMILES string of the molecule is COc1ccc(COC2CCC2)cc1/C=C/C(=O)O. The molecule has 0 unspecified atom stereocenters. The van der Waals surface area contributed by atoms with Crippen molar-refractivity contribution in [2.45, 2.75) is 32.0 Å². The van der Waals surface area contributed by atoms with E-state index >= 15 is 0 Å². The molecular weight excluding hydrogens is 244 g/mol. The van der Waals surface area contributed by atoms with Gasteiger partial charge in [0.15, 0.2) is 0 Å². The molecule has 1 aromatic carbocycles. The van der Waals surface area contributed by atoms with Gasteiger partial charge in [0, 0.05) is 11.6 Å². The van der Waals surface area contributed by atoms with Crippen LogP contribution in [0.25, 0.3) is 6.08 Å². The Kier molecular flexibility index (Phi) is 4.58. The van der Waals surface area contributed by atoms with Gasteiger partial charge in [0.05, 0.1) is 19.8 Å². The van der Waals surface area contributed by atoms with Crippen LogP contribution >= 0.6 is 0 Å². The number of carboxylic acids is 1. The van der Waals surface area contributed by atoms with Crippen LogP contribution in [0.3, 0.4) is 0 Å². The molecule has 2 rings (SSSR count). The van der Waals surface area contributed by atoms with E-state index in [-0.39, 0.29) is 0 Å². The normalized spacial score (nSPS) is 15.4. The van der Waals surface area contributed by atoms with E-state index in [9.17, 15) is 4.79 Å². The third-order valence-electron chi connectivity index (χ3n) is 3.24. The summed E-state index contributed by atoms with van der Waals surface area (Å²) in [5.41, 5.74) is 1.78. The lowest BCUT2D eigenvalue weighted by Gasteiger charge is -2.25. The lowest BCUT2D eigenvalue weighted by molar-refractivity contribution is -0.131. The topological polar surface area (TPSA) is 55.8 Å². The Labute approximate surface area is 112 Å². The number of hydrogen-bond acceptors (Lipinski definition) is 3. The Balaban J connectivity index is 2.07. The Morgan fingerprint density at radius 2 is 2.26 bits per heavy atom. The molecular formula is C15H18O4. The number of carbonyl (C=O) groups is 1. The molecule has 0 aliphatic heterocycles. The van der Waals surface area contributed by atoms with Crippen molar-refractivity contribution in [3.8, 4) is 5.75 Å². The van der Waals surface area contributed by atoms with Crippen molar-refractivity contribution in [1.29, 1.82) is 0 Å². The number of hydrogen-bond donors (Lipinski definition) is 1. The van der Waals surface area contributed by atoms with Crippen molar-refractivity contribution in [3.63, 3.8) is 0 Å². The number of methoxy groups -OCH3 is 1. The molecule has 4 heteroatoms. The summed E-state index contributed by atoms with van der Waals surface area (Å²) in [7, 11) is 1.57. The predicted molar refractivity (Wildman–Crippen MR) is 72.1 cm³/mol. The highest BCUT2D eigenvalue weighted by atomic mass is 16.5. The number of rotatable bonds is 6. The number of aliphatic carboxylic acids is 1. The van der Waals surface area contributed by atoms with Gasteiger partial charge in [-0.05, 0) is 43.0 Å². The van der Waals surface area contributed by atoms with E-state index in [1.807, 2.05) is 18.2 Å². The molecule has 0 saturated heterocycles. The fourth-order valence-corrected chi connectivity index (χ4v) is 1.92. The van der Waals surface area contributed by atoms with Crippen molar-refractivity contribution in [2.75, 3.05) is 7.11 Å². The van der Waals surface area contributed by atoms with Gasteiger partial charge in [-0.2, -0.15) is 0 Å². The highest BCUT2D eigenvalue weighted by molar-refractivity contribution is 5.85. The van der Waals surface area contributed by atoms with E-state index in [1.165, 1.54) is 12.5 Å². The lowest BCUT2D eigenvalue weighted by atomic mass is 9.96. The molecule has 4 nitrogen and oxygen atoms in total. The van der Waals surface area contributed by atoms with Crippen molar-refractivity contribution in [3.05, 3.63) is 35.4 Å². The van der Waals surface area contributed by atoms with E-state index in [4.69, 9.17) is 14.6 Å². The third kappa shape index (κ3) is 3.83. The van der Waals surface area contributed by atoms with Gasteiger partial charge in [0.2, 0.25) is 0 Å². The predicted octanol–water partition coefficient (Wildman–Crippen LogP) is 2.86. The van der Waals surface area contributed by atoms with Gasteiger partial charge in [-0.3, -0.25) is 0 Å². The average molecular weight is 262 g/mol. The summed E-state index contributed by atoms with van der Waals surface area (Å²) in [4.78, 5) is 10.6. The summed E-state index contributed by atoms with van der Waals surface area (Å²) in [5, 5.41) is 8.67. The number of carboxylic acid groups (broad SMARTS) is 1. The smallest absolute Gasteiger partial charge is 0.328 e. The molecule has 102 valence electrons. The molecule has 0 spiro atoms. The Bertz CT molecular complexity index is 475. The summed E-state index contributed by atoms with van der Waals surface area (Å²) < 4.78 is 10.9. The Morgan fingerprint density at radius 1 is 1.47 bits per heavy atom. The molecule has 1 aliphatic rings. The molecule has 0 radical (unpaired) electrons. The van der Waals surface area contributed by atoms with Crippen LogP contribution in [0.2, 0.25) is 0 Å². The van der Waals surface area contributed by atoms with Crippen molar-refractivity contribution >= 4 is 12.0 Å². The van der Waals surface area contributed by atoms with Gasteiger partial charge in [-0.1, -0.05) is 6.07 Å². The minimum atomic E-state index is -0.974. The molecule has 0 aromatic heterocycles. The first-order chi connectivity index (χ1) is 9.19. The standard InChI is InChI=1S/C15H18O4/c1-18-14-7-5-11(10-19-13-3-2-4-13)9-12(14)6-8-15(16)17/h5-9,13H,2-4,10H2,1H3,(H,16,17)/b8-6+. The molecule has 0 amide bonds. The van der Waals surface area contributed by atoms with Crippen LogP contribution in [0.15, 0.2) is 24.3 Å². The highest BCUT2D eigenvalue weighted by Gasteiger charge is 2.17. The summed E-state index contributed by atoms with van der Waals surface area (Å²) in [6.07, 6.45) is 6.56. The highest BCUT2D eigenvalue weighted by Crippen LogP contribution is 2.25. The average Bonchev–Trinajstić information content (AvgIpc) is 2.34. The first kappa shape index (κ1) is 13.6. The number of ether oxygens (including phenoxy) is 2. The van der Waals surface area contributed by atoms with Gasteiger partial charge >= 0.3 is 5.97 Å². The first-order valence-corrected chi connectivity index (χ1v) is 6.38. The first-order valence-electron chi connectivity index (χ1n) is 6.38. The number of benzene rings is 1. The van der Waals surface area contributed by atoms with E-state index in [2.05, 4.69) is 0 Å². The van der Waals surface area contributed by atoms with Crippen LogP contribution in [-0.2, 0) is 16.1 Å². The third-order valence-corrected chi connectivity index (χ3v) is 3.24. The van der Waals surface area contributed by atoms with E-state index in [0.717, 1.165) is 30.0 Å². The Morgan fingerprint density at radius 3 is 2.84 bits per heavy atom. The van der Waals surface area contributed by atoms with Crippen LogP contribution in [0, 0.1) is 0 Å². The second-order valence-electron chi connectivity index (χ2n) is 4.61. The van der Waals surface area contributed by atoms with Crippen LogP contribution in [0.5, 0.6) is 5.75 Å². The van der Waals surface area contributed by atoms with Gasteiger partial charge in [-0.15, -0.1) is 0 Å². The molecule has 1 aliphatic carbocycles. The van der Waals surface area contributed by atoms with Crippen LogP contribution in [0.1, 0.15) is 30.4 Å². The fraction of sp³-hybridized carbons (Fsp3) is 0.400. The molecule has 0 heterocycles. The largest absolute Gasteiger partial charge is 0.496 e. The second-order valence-corrected chi connectivity index (χ2v) is 4.61. The van der Waals surface area contributed by atoms with Gasteiger partial charge in [-0.25, -0.2) is 4.79 Å². The summed E-state index contributed by atoms with van der Waals surface area (Å²) in [6.45, 7) is 0.558. The van der Waals surface area contributed by atoms with Crippen molar-refractivity contribution in [2.24, 2.45) is 0 Å². The van der Waals surface area contributed by atoms with Crippen LogP contribution in [-0.4, -0.2) is 24.3 Å². The Hall–Kier alpha value is -1.81. The maximum atomic E-state index is 10.6. The molecule has 0 bridgehead atoms. The van der Waals surface area contributed by atoms with Gasteiger partial charge in [0.25, 0.3) is 0 Å². The molecule has 0 atom stereocenters. The summed E-state index contributed by atoms with van der Waals surface area (Å²) in [6, 6.07) is 5.67. The molecule has 19 heavy (non-hydrogen) atoms. The van der Waals surface area contributed by atoms with Crippen molar-refractivity contribution in [1.82, 2.24) is 0 Å². The summed E-state index contributed by atoms with van der Waals surface area (Å²) in [5.74, 6) is -0.317.